The Hall–Kier alpha value is -8.78. The first-order chi connectivity index (χ1) is 41.9. The number of ether oxygens (including phenoxy) is 8. The molecule has 0 saturated carbocycles. The van der Waals surface area contributed by atoms with Crippen molar-refractivity contribution < 1.29 is 37.9 Å². The van der Waals surface area contributed by atoms with Crippen molar-refractivity contribution in [3.8, 4) is 45.3 Å². The average molecular weight is 1130 g/mol. The van der Waals surface area contributed by atoms with E-state index in [0.29, 0.717) is 79.3 Å². The summed E-state index contributed by atoms with van der Waals surface area (Å²) in [6, 6.07) is 59.3. The first kappa shape index (κ1) is 56.7. The van der Waals surface area contributed by atoms with Crippen LogP contribution in [0.3, 0.4) is 0 Å². The van der Waals surface area contributed by atoms with Gasteiger partial charge >= 0.3 is 0 Å². The van der Waals surface area contributed by atoms with E-state index >= 15 is 0 Å². The minimum atomic E-state index is -0.223. The van der Waals surface area contributed by atoms with Crippen molar-refractivity contribution in [2.24, 2.45) is 0 Å². The minimum absolute atomic E-state index is 0.223. The molecule has 0 atom stereocenters. The van der Waals surface area contributed by atoms with Gasteiger partial charge in [0, 0.05) is 51.7 Å². The van der Waals surface area contributed by atoms with Crippen LogP contribution in [0, 0.1) is 0 Å². The highest BCUT2D eigenvalue weighted by molar-refractivity contribution is 6.09. The predicted molar refractivity (Wildman–Crippen MR) is 336 cm³/mol. The largest absolute Gasteiger partial charge is 0.491 e. The first-order valence-electron chi connectivity index (χ1n) is 29.5. The van der Waals surface area contributed by atoms with Gasteiger partial charge in [-0.05, 0) is 154 Å². The molecule has 18 heterocycles. The summed E-state index contributed by atoms with van der Waals surface area (Å²) >= 11 is 0. The van der Waals surface area contributed by atoms with Crippen LogP contribution in [-0.4, -0.2) is 99.2 Å². The van der Waals surface area contributed by atoms with Crippen molar-refractivity contribution in [1.29, 1.82) is 0 Å². The summed E-state index contributed by atoms with van der Waals surface area (Å²) in [5, 5.41) is 4.29. The third kappa shape index (κ3) is 14.1. The van der Waals surface area contributed by atoms with Gasteiger partial charge in [-0.25, -0.2) is 0 Å². The Kier molecular flexibility index (Phi) is 18.2. The van der Waals surface area contributed by atoms with Crippen LogP contribution >= 0.6 is 0 Å². The SMILES string of the molecule is CC1(C)c2ccc(cc2)OCCOCCOCCOc2ccc(cc2)-c2ccnc3c2ccc2cc(cnc23)CCc2ccc(cc2)CCc2cnc3c(ccc4c(ccnc43)-c3ccc(cc3)OCCOCCOCCOc3ccc1cc3)c2. The molecule has 0 amide bonds. The highest BCUT2D eigenvalue weighted by Crippen LogP contribution is 2.36. The van der Waals surface area contributed by atoms with Gasteiger partial charge in [0.05, 0.1) is 74.9 Å². The van der Waals surface area contributed by atoms with Crippen LogP contribution in [0.2, 0.25) is 0 Å². The van der Waals surface area contributed by atoms with Crippen LogP contribution in [0.5, 0.6) is 23.0 Å². The van der Waals surface area contributed by atoms with Crippen molar-refractivity contribution in [3.63, 3.8) is 0 Å². The van der Waals surface area contributed by atoms with Gasteiger partial charge in [0.15, 0.2) is 0 Å². The molecule has 0 aliphatic carbocycles. The fourth-order valence-electron chi connectivity index (χ4n) is 11.0. The molecule has 0 spiro atoms. The number of benzene rings is 7. The Labute approximate surface area is 496 Å². The van der Waals surface area contributed by atoms with Crippen LogP contribution in [0.4, 0.5) is 0 Å². The monoisotopic (exact) mass is 1130 g/mol. The lowest BCUT2D eigenvalue weighted by Crippen LogP contribution is -2.19. The Bertz CT molecular complexity index is 3730. The van der Waals surface area contributed by atoms with E-state index in [4.69, 9.17) is 57.8 Å². The molecular weight excluding hydrogens is 1060 g/mol. The summed E-state index contributed by atoms with van der Waals surface area (Å²) < 4.78 is 47.2. The molecule has 85 heavy (non-hydrogen) atoms. The van der Waals surface area contributed by atoms with E-state index in [2.05, 4.69) is 135 Å². The molecule has 0 radical (unpaired) electrons. The molecule has 0 saturated heterocycles. The zero-order chi connectivity index (χ0) is 57.6. The highest BCUT2D eigenvalue weighted by atomic mass is 16.6. The number of hydrogen-bond donors (Lipinski definition) is 0. The molecular formula is C73H70N4O8. The Morgan fingerprint density at radius 1 is 0.306 bits per heavy atom. The van der Waals surface area contributed by atoms with E-state index in [1.165, 1.54) is 33.4 Å². The van der Waals surface area contributed by atoms with Crippen molar-refractivity contribution in [1.82, 2.24) is 19.9 Å². The topological polar surface area (TPSA) is 125 Å². The number of nitrogens with zero attached hydrogens (tertiary/aromatic N) is 4. The summed E-state index contributed by atoms with van der Waals surface area (Å²) in [5.74, 6) is 3.17. The molecule has 14 aliphatic heterocycles. The van der Waals surface area contributed by atoms with Crippen LogP contribution in [0.15, 0.2) is 195 Å². The second-order valence-electron chi connectivity index (χ2n) is 21.9. The first-order valence-corrected chi connectivity index (χ1v) is 29.5. The normalized spacial score (nSPS) is 15.6. The quantitative estimate of drug-likeness (QED) is 0.134. The third-order valence-corrected chi connectivity index (χ3v) is 15.9. The lowest BCUT2D eigenvalue weighted by atomic mass is 9.78. The van der Waals surface area contributed by atoms with E-state index < -0.39 is 0 Å². The molecule has 4 aromatic heterocycles. The summed E-state index contributed by atoms with van der Waals surface area (Å²) in [6.45, 7) is 9.90. The van der Waals surface area contributed by atoms with Crippen LogP contribution in [0.1, 0.15) is 47.2 Å². The third-order valence-electron chi connectivity index (χ3n) is 15.9. The van der Waals surface area contributed by atoms with Gasteiger partial charge in [-0.2, -0.15) is 0 Å². The molecule has 12 nitrogen and oxygen atoms in total. The molecule has 430 valence electrons. The Balaban J connectivity index is 0.675. The fourth-order valence-corrected chi connectivity index (χ4v) is 11.0. The Morgan fingerprint density at radius 3 is 1.00 bits per heavy atom. The molecule has 14 aliphatic rings. The van der Waals surface area contributed by atoms with Crippen molar-refractivity contribution in [3.05, 3.63) is 228 Å². The molecule has 12 heteroatoms. The summed E-state index contributed by atoms with van der Waals surface area (Å²) in [6.07, 6.45) is 11.4. The van der Waals surface area contributed by atoms with E-state index in [1.807, 2.05) is 73.3 Å². The summed E-state index contributed by atoms with van der Waals surface area (Å²) in [5.41, 5.74) is 15.1. The van der Waals surface area contributed by atoms with Gasteiger partial charge in [0.25, 0.3) is 0 Å². The van der Waals surface area contributed by atoms with Gasteiger partial charge in [-0.15, -0.1) is 0 Å². The maximum Gasteiger partial charge on any atom is 0.119 e. The molecule has 0 unspecified atom stereocenters. The summed E-state index contributed by atoms with van der Waals surface area (Å²) in [4.78, 5) is 19.6. The molecule has 7 aromatic carbocycles. The molecule has 11 aromatic rings. The zero-order valence-electron chi connectivity index (χ0n) is 48.3. The van der Waals surface area contributed by atoms with Gasteiger partial charge < -0.3 is 37.9 Å². The van der Waals surface area contributed by atoms with Gasteiger partial charge in [0.1, 0.15) is 49.4 Å². The van der Waals surface area contributed by atoms with Gasteiger partial charge in [0.2, 0.25) is 0 Å². The maximum absolute atomic E-state index is 6.02. The lowest BCUT2D eigenvalue weighted by molar-refractivity contribution is 0.0273. The molecule has 22 bridgehead atoms. The lowest BCUT2D eigenvalue weighted by Gasteiger charge is -2.26. The van der Waals surface area contributed by atoms with E-state index in [-0.39, 0.29) is 5.41 Å². The van der Waals surface area contributed by atoms with E-state index in [9.17, 15) is 0 Å². The van der Waals surface area contributed by atoms with Crippen molar-refractivity contribution in [2.45, 2.75) is 44.9 Å². The smallest absolute Gasteiger partial charge is 0.119 e. The number of hydrogen-bond acceptors (Lipinski definition) is 12. The van der Waals surface area contributed by atoms with Crippen LogP contribution < -0.4 is 18.9 Å². The highest BCUT2D eigenvalue weighted by Gasteiger charge is 2.23. The number of aromatic nitrogens is 4. The Morgan fingerprint density at radius 2 is 0.635 bits per heavy atom. The number of fused-ring (bicyclic) bond motifs is 1. The van der Waals surface area contributed by atoms with E-state index in [1.54, 1.807) is 0 Å². The van der Waals surface area contributed by atoms with Crippen LogP contribution in [-0.2, 0) is 50.0 Å². The number of pyridine rings is 4. The van der Waals surface area contributed by atoms with Crippen molar-refractivity contribution in [2.75, 3.05) is 79.3 Å². The average Bonchev–Trinajstić information content (AvgIpc) is 2.44. The van der Waals surface area contributed by atoms with Gasteiger partial charge in [-0.3, -0.25) is 19.9 Å². The molecule has 0 fully saturated rings. The summed E-state index contributed by atoms with van der Waals surface area (Å²) in [7, 11) is 0. The minimum Gasteiger partial charge on any atom is -0.491 e. The van der Waals surface area contributed by atoms with Crippen LogP contribution in [0.25, 0.3) is 65.9 Å². The number of rotatable bonds is 0. The second-order valence-corrected chi connectivity index (χ2v) is 21.9. The second kappa shape index (κ2) is 27.3. The zero-order valence-corrected chi connectivity index (χ0v) is 48.3. The standard InChI is InChI=1S/C73H70N4O8/c1-73(2)59-17-25-63(26-18-59)84-45-41-80-37-35-78-39-43-82-61-21-11-55(12-22-61)65-31-33-74-71-67(65)29-15-57-47-53(49-76-69(57)71)9-7-51-3-4-52(6-5-51)8-10-54-48-58-16-30-68-66(32-34-75-72(68)70(58)77-50-54)56-13-23-62(24-14-56)83-44-40-79-36-38-81-42-46-85-64-27-19-60(73)20-28-64/h3-6,11-34,47-50H,7-10,35-46H2,1-2H3. The molecule has 0 N–H and O–H groups in total. The predicted octanol–water partition coefficient (Wildman–Crippen LogP) is 14.4. The van der Waals surface area contributed by atoms with E-state index in [0.717, 1.165) is 115 Å². The maximum atomic E-state index is 6.02. The van der Waals surface area contributed by atoms with Crippen molar-refractivity contribution >= 4 is 43.6 Å². The fraction of sp³-hybridized carbons (Fsp3) is 0.260. The van der Waals surface area contributed by atoms with Gasteiger partial charge in [-0.1, -0.05) is 111 Å². The molecule has 25 rings (SSSR count). The number of aryl methyl sites for hydroxylation is 4.